The molecule has 0 radical (unpaired) electrons. The van der Waals surface area contributed by atoms with Gasteiger partial charge in [-0.1, -0.05) is 12.1 Å². The molecule has 27 heavy (non-hydrogen) atoms. The molecular weight excluding hydrogens is 368 g/mol. The van der Waals surface area contributed by atoms with Crippen molar-refractivity contribution < 1.29 is 22.7 Å². The molecule has 0 aliphatic carbocycles. The Bertz CT molecular complexity index is 925. The van der Waals surface area contributed by atoms with Crippen LogP contribution in [0.15, 0.2) is 47.4 Å². The van der Waals surface area contributed by atoms with Gasteiger partial charge in [0.1, 0.15) is 11.5 Å². The molecule has 1 N–H and O–H groups in total. The summed E-state index contributed by atoms with van der Waals surface area (Å²) in [4.78, 5) is 12.6. The van der Waals surface area contributed by atoms with Crippen LogP contribution in [0.25, 0.3) is 0 Å². The highest BCUT2D eigenvalue weighted by Gasteiger charge is 2.21. The minimum Gasteiger partial charge on any atom is -0.495 e. The molecule has 0 heterocycles. The van der Waals surface area contributed by atoms with Gasteiger partial charge in [-0.05, 0) is 49.7 Å². The summed E-state index contributed by atoms with van der Waals surface area (Å²) >= 11 is 0. The molecule has 0 saturated heterocycles. The molecule has 1 atom stereocenters. The van der Waals surface area contributed by atoms with E-state index in [0.717, 1.165) is 9.87 Å². The van der Waals surface area contributed by atoms with Crippen molar-refractivity contribution in [3.63, 3.8) is 0 Å². The lowest BCUT2D eigenvalue weighted by molar-refractivity contribution is -0.122. The second kappa shape index (κ2) is 8.41. The molecule has 0 aliphatic heterocycles. The van der Waals surface area contributed by atoms with Gasteiger partial charge in [-0.15, -0.1) is 0 Å². The second-order valence-corrected chi connectivity index (χ2v) is 8.37. The fraction of sp³-hybridized carbons (Fsp3) is 0.316. The molecule has 0 spiro atoms. The number of nitrogens with one attached hydrogen (secondary N) is 1. The van der Waals surface area contributed by atoms with Crippen LogP contribution in [0.1, 0.15) is 12.5 Å². The summed E-state index contributed by atoms with van der Waals surface area (Å²) in [7, 11) is 0.684. The van der Waals surface area contributed by atoms with Crippen molar-refractivity contribution in [3.8, 4) is 11.5 Å². The van der Waals surface area contributed by atoms with Crippen LogP contribution in [-0.4, -0.2) is 45.9 Å². The summed E-state index contributed by atoms with van der Waals surface area (Å²) in [5.41, 5.74) is 1.27. The third-order valence-corrected chi connectivity index (χ3v) is 5.69. The SMILES string of the molecule is COc1ccc(S(=O)(=O)N(C)C)cc1NC(=O)[C@H](C)Oc1cccc(C)c1. The fourth-order valence-corrected chi connectivity index (χ4v) is 3.27. The minimum atomic E-state index is -3.64. The van der Waals surface area contributed by atoms with E-state index in [1.807, 2.05) is 25.1 Å². The largest absolute Gasteiger partial charge is 0.495 e. The number of carbonyl (C=O) groups excluding carboxylic acids is 1. The number of ether oxygens (including phenoxy) is 2. The Morgan fingerprint density at radius 3 is 2.44 bits per heavy atom. The molecule has 2 aromatic rings. The lowest BCUT2D eigenvalue weighted by Gasteiger charge is -2.18. The number of hydrogen-bond acceptors (Lipinski definition) is 5. The van der Waals surface area contributed by atoms with Gasteiger partial charge in [0.25, 0.3) is 5.91 Å². The Kier molecular flexibility index (Phi) is 6.45. The molecule has 0 unspecified atom stereocenters. The Balaban J connectivity index is 2.23. The zero-order valence-electron chi connectivity index (χ0n) is 16.0. The van der Waals surface area contributed by atoms with Crippen molar-refractivity contribution >= 4 is 21.6 Å². The molecule has 0 fully saturated rings. The van der Waals surface area contributed by atoms with Crippen LogP contribution in [-0.2, 0) is 14.8 Å². The number of benzene rings is 2. The van der Waals surface area contributed by atoms with Crippen molar-refractivity contribution in [2.24, 2.45) is 0 Å². The van der Waals surface area contributed by atoms with Gasteiger partial charge >= 0.3 is 0 Å². The summed E-state index contributed by atoms with van der Waals surface area (Å²) < 4.78 is 36.6. The first-order valence-electron chi connectivity index (χ1n) is 8.30. The number of methoxy groups -OCH3 is 1. The number of nitrogens with zero attached hydrogens (tertiary/aromatic N) is 1. The van der Waals surface area contributed by atoms with Crippen molar-refractivity contribution in [2.75, 3.05) is 26.5 Å². The Morgan fingerprint density at radius 1 is 1.15 bits per heavy atom. The van der Waals surface area contributed by atoms with E-state index in [4.69, 9.17) is 9.47 Å². The maximum absolute atomic E-state index is 12.5. The third-order valence-electron chi connectivity index (χ3n) is 3.88. The predicted molar refractivity (Wildman–Crippen MR) is 104 cm³/mol. The van der Waals surface area contributed by atoms with Crippen molar-refractivity contribution in [3.05, 3.63) is 48.0 Å². The van der Waals surface area contributed by atoms with Gasteiger partial charge in [0.05, 0.1) is 17.7 Å². The summed E-state index contributed by atoms with van der Waals surface area (Å²) in [6.07, 6.45) is -0.786. The van der Waals surface area contributed by atoms with Crippen molar-refractivity contribution in [2.45, 2.75) is 24.8 Å². The lowest BCUT2D eigenvalue weighted by atomic mass is 10.2. The van der Waals surface area contributed by atoms with Gasteiger partial charge in [0.2, 0.25) is 10.0 Å². The van der Waals surface area contributed by atoms with E-state index >= 15 is 0 Å². The lowest BCUT2D eigenvalue weighted by Crippen LogP contribution is -2.30. The maximum Gasteiger partial charge on any atom is 0.265 e. The van der Waals surface area contributed by atoms with E-state index in [1.54, 1.807) is 13.0 Å². The van der Waals surface area contributed by atoms with Gasteiger partial charge in [-0.25, -0.2) is 12.7 Å². The summed E-state index contributed by atoms with van der Waals surface area (Å²) in [5, 5.41) is 2.68. The van der Waals surface area contributed by atoms with Crippen LogP contribution >= 0.6 is 0 Å². The zero-order chi connectivity index (χ0) is 20.2. The first-order chi connectivity index (χ1) is 12.6. The monoisotopic (exact) mass is 392 g/mol. The number of amides is 1. The zero-order valence-corrected chi connectivity index (χ0v) is 16.8. The Labute approximate surface area is 160 Å². The van der Waals surface area contributed by atoms with E-state index in [-0.39, 0.29) is 10.6 Å². The van der Waals surface area contributed by atoms with Crippen LogP contribution in [0.2, 0.25) is 0 Å². The Hall–Kier alpha value is -2.58. The van der Waals surface area contributed by atoms with Crippen LogP contribution in [0, 0.1) is 6.92 Å². The summed E-state index contributed by atoms with van der Waals surface area (Å²) in [6.45, 7) is 3.55. The number of aryl methyl sites for hydroxylation is 1. The van der Waals surface area contributed by atoms with E-state index in [1.165, 1.54) is 39.4 Å². The number of anilines is 1. The van der Waals surface area contributed by atoms with Crippen LogP contribution in [0.5, 0.6) is 11.5 Å². The van der Waals surface area contributed by atoms with E-state index in [9.17, 15) is 13.2 Å². The molecule has 7 nitrogen and oxygen atoms in total. The smallest absolute Gasteiger partial charge is 0.265 e. The van der Waals surface area contributed by atoms with E-state index in [2.05, 4.69) is 5.32 Å². The van der Waals surface area contributed by atoms with Crippen LogP contribution in [0.4, 0.5) is 5.69 Å². The average Bonchev–Trinajstić information content (AvgIpc) is 2.61. The normalized spacial score (nSPS) is 12.5. The van der Waals surface area contributed by atoms with Gasteiger partial charge in [0, 0.05) is 14.1 Å². The topological polar surface area (TPSA) is 84.9 Å². The third kappa shape index (κ3) is 4.99. The standard InChI is InChI=1S/C19H24N2O5S/c1-13-7-6-8-15(11-13)26-14(2)19(22)20-17-12-16(9-10-18(17)25-5)27(23,24)21(3)4/h6-12,14H,1-5H3,(H,20,22)/t14-/m0/s1. The molecule has 146 valence electrons. The van der Waals surface area contributed by atoms with E-state index < -0.39 is 22.0 Å². The maximum atomic E-state index is 12.5. The summed E-state index contributed by atoms with van der Waals surface area (Å²) in [5.74, 6) is 0.506. The molecule has 1 amide bonds. The Morgan fingerprint density at radius 2 is 1.85 bits per heavy atom. The predicted octanol–water partition coefficient (Wildman–Crippen LogP) is 2.66. The van der Waals surface area contributed by atoms with E-state index in [0.29, 0.717) is 11.5 Å². The van der Waals surface area contributed by atoms with Gasteiger partial charge < -0.3 is 14.8 Å². The molecule has 8 heteroatoms. The van der Waals surface area contributed by atoms with Crippen LogP contribution in [0.3, 0.4) is 0 Å². The van der Waals surface area contributed by atoms with Crippen molar-refractivity contribution in [1.29, 1.82) is 0 Å². The average molecular weight is 392 g/mol. The van der Waals surface area contributed by atoms with Gasteiger partial charge in [0.15, 0.2) is 6.10 Å². The number of rotatable bonds is 7. The molecule has 0 saturated carbocycles. The second-order valence-electron chi connectivity index (χ2n) is 6.22. The highest BCUT2D eigenvalue weighted by Crippen LogP contribution is 2.28. The first kappa shape index (κ1) is 20.7. The molecule has 0 aliphatic rings. The van der Waals surface area contributed by atoms with Gasteiger partial charge in [-0.3, -0.25) is 4.79 Å². The van der Waals surface area contributed by atoms with Crippen molar-refractivity contribution in [1.82, 2.24) is 4.31 Å². The highest BCUT2D eigenvalue weighted by atomic mass is 32.2. The number of sulfonamides is 1. The van der Waals surface area contributed by atoms with Gasteiger partial charge in [-0.2, -0.15) is 0 Å². The quantitative estimate of drug-likeness (QED) is 0.783. The fourth-order valence-electron chi connectivity index (χ4n) is 2.34. The molecule has 0 aromatic heterocycles. The number of hydrogen-bond donors (Lipinski definition) is 1. The first-order valence-corrected chi connectivity index (χ1v) is 9.74. The minimum absolute atomic E-state index is 0.0517. The summed E-state index contributed by atoms with van der Waals surface area (Å²) in [6, 6.07) is 11.7. The van der Waals surface area contributed by atoms with Crippen LogP contribution < -0.4 is 14.8 Å². The molecular formula is C19H24N2O5S. The highest BCUT2D eigenvalue weighted by molar-refractivity contribution is 7.89. The number of carbonyl (C=O) groups is 1. The molecule has 0 bridgehead atoms. The molecule has 2 rings (SSSR count). The molecule has 2 aromatic carbocycles.